The summed E-state index contributed by atoms with van der Waals surface area (Å²) in [6.07, 6.45) is 11.5. The summed E-state index contributed by atoms with van der Waals surface area (Å²) in [5.41, 5.74) is 0.242. The smallest absolute Gasteiger partial charge is 0.0810 e. The molecule has 2 heteroatoms. The Balaban J connectivity index is 1.65. The van der Waals surface area contributed by atoms with Crippen LogP contribution in [0.1, 0.15) is 51.4 Å². The molecule has 0 aromatic heterocycles. The highest BCUT2D eigenvalue weighted by Gasteiger charge is 2.42. The van der Waals surface area contributed by atoms with Crippen molar-refractivity contribution in [1.82, 2.24) is 5.32 Å². The van der Waals surface area contributed by atoms with Crippen molar-refractivity contribution >= 4 is 0 Å². The maximum atomic E-state index is 6.46. The van der Waals surface area contributed by atoms with Gasteiger partial charge in [-0.1, -0.05) is 25.7 Å². The van der Waals surface area contributed by atoms with Crippen LogP contribution >= 0.6 is 0 Å². The Hall–Kier alpha value is -0.0800. The normalized spacial score (nSPS) is 36.4. The molecule has 2 aliphatic carbocycles. The third-order valence-corrected chi connectivity index (χ3v) is 4.63. The molecule has 3 rings (SSSR count). The molecule has 1 heterocycles. The van der Waals surface area contributed by atoms with E-state index in [2.05, 4.69) is 5.32 Å². The Bertz CT molecular complexity index is 217. The predicted molar refractivity (Wildman–Crippen MR) is 60.9 cm³/mol. The van der Waals surface area contributed by atoms with Crippen LogP contribution in [0, 0.1) is 5.92 Å². The second kappa shape index (κ2) is 4.06. The van der Waals surface area contributed by atoms with E-state index in [1.165, 1.54) is 51.4 Å². The van der Waals surface area contributed by atoms with Crippen LogP contribution in [-0.2, 0) is 4.74 Å². The van der Waals surface area contributed by atoms with E-state index in [1.807, 2.05) is 0 Å². The van der Waals surface area contributed by atoms with Crippen molar-refractivity contribution in [3.05, 3.63) is 0 Å². The largest absolute Gasteiger partial charge is 0.369 e. The van der Waals surface area contributed by atoms with Gasteiger partial charge in [0.15, 0.2) is 0 Å². The van der Waals surface area contributed by atoms with Crippen LogP contribution in [0.4, 0.5) is 0 Å². The molecule has 3 fully saturated rings. The predicted octanol–water partition coefficient (Wildman–Crippen LogP) is 2.48. The third kappa shape index (κ3) is 1.94. The highest BCUT2D eigenvalue weighted by atomic mass is 16.5. The van der Waals surface area contributed by atoms with Gasteiger partial charge in [-0.15, -0.1) is 0 Å². The first kappa shape index (κ1) is 10.1. The first-order valence-corrected chi connectivity index (χ1v) is 6.77. The number of hydrogen-bond acceptors (Lipinski definition) is 2. The Morgan fingerprint density at radius 3 is 2.47 bits per heavy atom. The SMILES string of the molecule is C1CCC(C2CNCC3(CCCC3)O2)C1. The molecular weight excluding hydrogens is 186 g/mol. The number of ether oxygens (including phenoxy) is 1. The van der Waals surface area contributed by atoms with Crippen LogP contribution in [0.15, 0.2) is 0 Å². The topological polar surface area (TPSA) is 21.3 Å². The van der Waals surface area contributed by atoms with E-state index < -0.39 is 0 Å². The quantitative estimate of drug-likeness (QED) is 0.716. The molecule has 1 saturated heterocycles. The monoisotopic (exact) mass is 209 g/mol. The first-order chi connectivity index (χ1) is 7.38. The molecule has 1 unspecified atom stereocenters. The fourth-order valence-corrected chi connectivity index (χ4v) is 3.75. The van der Waals surface area contributed by atoms with Gasteiger partial charge in [-0.2, -0.15) is 0 Å². The molecule has 0 amide bonds. The maximum Gasteiger partial charge on any atom is 0.0810 e. The zero-order valence-corrected chi connectivity index (χ0v) is 9.63. The van der Waals surface area contributed by atoms with Crippen molar-refractivity contribution in [2.75, 3.05) is 13.1 Å². The minimum absolute atomic E-state index is 0.242. The molecule has 2 nitrogen and oxygen atoms in total. The summed E-state index contributed by atoms with van der Waals surface area (Å²) in [7, 11) is 0. The minimum atomic E-state index is 0.242. The fourth-order valence-electron chi connectivity index (χ4n) is 3.75. The Kier molecular flexibility index (Phi) is 2.73. The van der Waals surface area contributed by atoms with E-state index in [0.717, 1.165) is 19.0 Å². The molecule has 3 aliphatic rings. The Labute approximate surface area is 92.8 Å². The maximum absolute atomic E-state index is 6.46. The lowest BCUT2D eigenvalue weighted by atomic mass is 9.94. The molecule has 0 aromatic rings. The van der Waals surface area contributed by atoms with Crippen LogP contribution < -0.4 is 5.32 Å². The van der Waals surface area contributed by atoms with E-state index in [-0.39, 0.29) is 5.60 Å². The van der Waals surface area contributed by atoms with Crippen molar-refractivity contribution in [2.45, 2.75) is 63.1 Å². The van der Waals surface area contributed by atoms with E-state index in [9.17, 15) is 0 Å². The standard InChI is InChI=1S/C13H23NO/c1-2-6-11(5-1)12-9-14-10-13(15-12)7-3-4-8-13/h11-12,14H,1-10H2. The number of hydrogen-bond donors (Lipinski definition) is 1. The summed E-state index contributed by atoms with van der Waals surface area (Å²) in [6.45, 7) is 2.21. The van der Waals surface area contributed by atoms with Gasteiger partial charge in [0.05, 0.1) is 11.7 Å². The molecule has 0 aromatic carbocycles. The van der Waals surface area contributed by atoms with Crippen molar-refractivity contribution in [3.63, 3.8) is 0 Å². The number of nitrogens with one attached hydrogen (secondary N) is 1. The van der Waals surface area contributed by atoms with Crippen LogP contribution in [0.3, 0.4) is 0 Å². The lowest BCUT2D eigenvalue weighted by Gasteiger charge is -2.41. The molecule has 86 valence electrons. The van der Waals surface area contributed by atoms with Gasteiger partial charge in [0.2, 0.25) is 0 Å². The summed E-state index contributed by atoms with van der Waals surface area (Å²) in [5.74, 6) is 0.857. The molecule has 1 spiro atoms. The van der Waals surface area contributed by atoms with E-state index in [0.29, 0.717) is 6.10 Å². The van der Waals surface area contributed by atoms with Crippen LogP contribution in [0.2, 0.25) is 0 Å². The Morgan fingerprint density at radius 2 is 1.73 bits per heavy atom. The van der Waals surface area contributed by atoms with Gasteiger partial charge in [-0.3, -0.25) is 0 Å². The summed E-state index contributed by atoms with van der Waals surface area (Å²) >= 11 is 0. The minimum Gasteiger partial charge on any atom is -0.369 e. The summed E-state index contributed by atoms with van der Waals surface area (Å²) in [6, 6.07) is 0. The zero-order valence-electron chi connectivity index (χ0n) is 9.63. The van der Waals surface area contributed by atoms with Crippen molar-refractivity contribution in [1.29, 1.82) is 0 Å². The average Bonchev–Trinajstić information content (AvgIpc) is 2.89. The van der Waals surface area contributed by atoms with Gasteiger partial charge in [0, 0.05) is 13.1 Å². The highest BCUT2D eigenvalue weighted by Crippen LogP contribution is 2.39. The molecular formula is C13H23NO. The van der Waals surface area contributed by atoms with E-state index in [4.69, 9.17) is 4.74 Å². The van der Waals surface area contributed by atoms with Crippen LogP contribution in [0.25, 0.3) is 0 Å². The summed E-state index contributed by atoms with van der Waals surface area (Å²) in [5, 5.41) is 3.62. The molecule has 15 heavy (non-hydrogen) atoms. The molecule has 0 bridgehead atoms. The lowest BCUT2D eigenvalue weighted by Crippen LogP contribution is -2.54. The molecule has 1 atom stereocenters. The van der Waals surface area contributed by atoms with Gasteiger partial charge in [0.25, 0.3) is 0 Å². The van der Waals surface area contributed by atoms with Gasteiger partial charge < -0.3 is 10.1 Å². The number of morpholine rings is 1. The number of rotatable bonds is 1. The second-order valence-electron chi connectivity index (χ2n) is 5.72. The van der Waals surface area contributed by atoms with Crippen LogP contribution in [-0.4, -0.2) is 24.8 Å². The highest BCUT2D eigenvalue weighted by molar-refractivity contribution is 4.94. The molecule has 2 saturated carbocycles. The van der Waals surface area contributed by atoms with Crippen molar-refractivity contribution < 1.29 is 4.74 Å². The molecule has 1 N–H and O–H groups in total. The van der Waals surface area contributed by atoms with Crippen molar-refractivity contribution in [3.8, 4) is 0 Å². The van der Waals surface area contributed by atoms with Crippen LogP contribution in [0.5, 0.6) is 0 Å². The van der Waals surface area contributed by atoms with Gasteiger partial charge >= 0.3 is 0 Å². The van der Waals surface area contributed by atoms with E-state index >= 15 is 0 Å². The zero-order chi connectivity index (χ0) is 10.1. The average molecular weight is 209 g/mol. The second-order valence-corrected chi connectivity index (χ2v) is 5.72. The van der Waals surface area contributed by atoms with Gasteiger partial charge in [0.1, 0.15) is 0 Å². The molecule has 0 radical (unpaired) electrons. The third-order valence-electron chi connectivity index (χ3n) is 4.63. The summed E-state index contributed by atoms with van der Waals surface area (Å²) in [4.78, 5) is 0. The summed E-state index contributed by atoms with van der Waals surface area (Å²) < 4.78 is 6.46. The lowest BCUT2D eigenvalue weighted by molar-refractivity contribution is -0.131. The first-order valence-electron chi connectivity index (χ1n) is 6.77. The van der Waals surface area contributed by atoms with Crippen molar-refractivity contribution in [2.24, 2.45) is 5.92 Å². The molecule has 1 aliphatic heterocycles. The van der Waals surface area contributed by atoms with E-state index in [1.54, 1.807) is 0 Å². The van der Waals surface area contributed by atoms with Gasteiger partial charge in [-0.25, -0.2) is 0 Å². The van der Waals surface area contributed by atoms with Gasteiger partial charge in [-0.05, 0) is 31.6 Å². The fraction of sp³-hybridized carbons (Fsp3) is 1.00. The Morgan fingerprint density at radius 1 is 1.00 bits per heavy atom.